The number of cyclic esters (lactones) is 2. The fourth-order valence-electron chi connectivity index (χ4n) is 7.40. The molecule has 0 aromatic heterocycles. The maximum Gasteiger partial charge on any atom is 0.348 e. The molecule has 8 atom stereocenters. The van der Waals surface area contributed by atoms with Crippen molar-refractivity contribution in [2.45, 2.75) is 32.5 Å². The summed E-state index contributed by atoms with van der Waals surface area (Å²) in [5.41, 5.74) is 1.42. The minimum Gasteiger partial charge on any atom is -0.419 e. The number of hydrogen-bond donors (Lipinski definition) is 0. The van der Waals surface area contributed by atoms with Gasteiger partial charge in [0, 0.05) is 13.8 Å². The summed E-state index contributed by atoms with van der Waals surface area (Å²) in [5.74, 6) is 3.74. The minimum atomic E-state index is -1.13. The molecule has 6 fully saturated rings. The molecule has 0 unspecified atom stereocenters. The summed E-state index contributed by atoms with van der Waals surface area (Å²) in [6, 6.07) is 0. The molecule has 4 nitrogen and oxygen atoms in total. The maximum atomic E-state index is 12.4. The molecule has 0 spiro atoms. The molecule has 0 amide bonds. The molecule has 2 bridgehead atoms. The van der Waals surface area contributed by atoms with Gasteiger partial charge >= 0.3 is 11.9 Å². The highest BCUT2D eigenvalue weighted by atomic mass is 16.7. The zero-order valence-electron chi connectivity index (χ0n) is 12.2. The second-order valence-electron chi connectivity index (χ2n) is 8.34. The van der Waals surface area contributed by atoms with Crippen molar-refractivity contribution in [1.29, 1.82) is 0 Å². The number of esters is 2. The van der Waals surface area contributed by atoms with Crippen LogP contribution in [0.2, 0.25) is 0 Å². The first kappa shape index (κ1) is 11.3. The summed E-state index contributed by atoms with van der Waals surface area (Å²) in [4.78, 5) is 24.8. The van der Waals surface area contributed by atoms with Crippen molar-refractivity contribution < 1.29 is 19.1 Å². The zero-order chi connectivity index (χ0) is 14.3. The van der Waals surface area contributed by atoms with Crippen molar-refractivity contribution in [2.75, 3.05) is 0 Å². The van der Waals surface area contributed by atoms with Crippen LogP contribution in [-0.4, -0.2) is 17.7 Å². The molecule has 110 valence electrons. The van der Waals surface area contributed by atoms with Gasteiger partial charge in [-0.2, -0.15) is 0 Å². The van der Waals surface area contributed by atoms with Gasteiger partial charge in [-0.05, 0) is 65.8 Å². The molecule has 5 aliphatic carbocycles. The zero-order valence-corrected chi connectivity index (χ0v) is 12.2. The lowest BCUT2D eigenvalue weighted by atomic mass is 9.58. The number of hydrogen-bond acceptors (Lipinski definition) is 4. The van der Waals surface area contributed by atoms with Crippen LogP contribution in [0.15, 0.2) is 11.1 Å². The van der Waals surface area contributed by atoms with Gasteiger partial charge in [-0.25, -0.2) is 9.59 Å². The van der Waals surface area contributed by atoms with Crippen molar-refractivity contribution in [3.8, 4) is 0 Å². The highest BCUT2D eigenvalue weighted by Gasteiger charge is 2.79. The van der Waals surface area contributed by atoms with Crippen LogP contribution in [0.5, 0.6) is 0 Å². The largest absolute Gasteiger partial charge is 0.419 e. The van der Waals surface area contributed by atoms with Crippen molar-refractivity contribution in [3.63, 3.8) is 0 Å². The van der Waals surface area contributed by atoms with E-state index in [0.717, 1.165) is 41.1 Å². The van der Waals surface area contributed by atoms with E-state index in [-0.39, 0.29) is 5.57 Å². The molecule has 0 N–H and O–H groups in total. The Bertz CT molecular complexity index is 632. The summed E-state index contributed by atoms with van der Waals surface area (Å²) in [6.07, 6.45) is 2.67. The van der Waals surface area contributed by atoms with E-state index in [1.807, 2.05) is 0 Å². The molecule has 4 heteroatoms. The Hall–Kier alpha value is -1.32. The van der Waals surface area contributed by atoms with E-state index >= 15 is 0 Å². The second kappa shape index (κ2) is 2.92. The van der Waals surface area contributed by atoms with Gasteiger partial charge in [0.15, 0.2) is 0 Å². The van der Waals surface area contributed by atoms with E-state index in [0.29, 0.717) is 11.8 Å². The summed E-state index contributed by atoms with van der Waals surface area (Å²) in [5, 5.41) is 0. The van der Waals surface area contributed by atoms with Crippen LogP contribution in [0.25, 0.3) is 0 Å². The predicted octanol–water partition coefficient (Wildman–Crippen LogP) is 1.90. The summed E-state index contributed by atoms with van der Waals surface area (Å²) in [7, 11) is 0. The van der Waals surface area contributed by atoms with Gasteiger partial charge in [0.2, 0.25) is 0 Å². The lowest BCUT2D eigenvalue weighted by Gasteiger charge is -2.46. The van der Waals surface area contributed by atoms with Crippen molar-refractivity contribution in [2.24, 2.45) is 47.3 Å². The third-order valence-corrected chi connectivity index (χ3v) is 7.46. The quantitative estimate of drug-likeness (QED) is 0.388. The van der Waals surface area contributed by atoms with E-state index in [4.69, 9.17) is 9.47 Å². The summed E-state index contributed by atoms with van der Waals surface area (Å²) >= 11 is 0. The van der Waals surface area contributed by atoms with E-state index in [2.05, 4.69) is 0 Å². The number of fused-ring (bicyclic) bond motifs is 2. The molecule has 5 saturated carbocycles. The highest BCUT2D eigenvalue weighted by molar-refractivity contribution is 6.16. The van der Waals surface area contributed by atoms with E-state index in [9.17, 15) is 9.59 Å². The molecule has 0 aromatic carbocycles. The van der Waals surface area contributed by atoms with E-state index in [1.54, 1.807) is 13.8 Å². The molecule has 6 aliphatic rings. The third kappa shape index (κ3) is 0.984. The maximum absolute atomic E-state index is 12.4. The molecule has 1 heterocycles. The SMILES string of the molecule is CC1(C)OC(=O)C(=C2[C@H]3[C@@H]4C[C@H]5[C@H]2[C@@H]2[C@@H]3C[C@@H]4[C@H]52)C(=O)O1. The number of carbonyl (C=O) groups excluding carboxylic acids is 2. The third-order valence-electron chi connectivity index (χ3n) is 7.46. The van der Waals surface area contributed by atoms with E-state index in [1.165, 1.54) is 12.8 Å². The number of carbonyl (C=O) groups is 2. The average molecular weight is 286 g/mol. The average Bonchev–Trinajstić information content (AvgIpc) is 2.85. The van der Waals surface area contributed by atoms with Gasteiger partial charge in [0.25, 0.3) is 5.79 Å². The lowest BCUT2D eigenvalue weighted by molar-refractivity contribution is -0.222. The summed E-state index contributed by atoms with van der Waals surface area (Å²) < 4.78 is 10.7. The Labute approximate surface area is 122 Å². The molecule has 1 saturated heterocycles. The molecule has 0 radical (unpaired) electrons. The standard InChI is InChI=1S/C17H18O4/c1-17(2)20-15(18)14(16(19)21-17)13-10-6-4-7-9-5(6)3-8(10)11(9)12(7)13/h5-12H,3-4H2,1-2H3/t5-,6+,7+,8+,9+,10-,11+,12-/m0/s1. The fraction of sp³-hybridized carbons (Fsp3) is 0.765. The Morgan fingerprint density at radius 1 is 0.857 bits per heavy atom. The molecular formula is C17H18O4. The summed E-state index contributed by atoms with van der Waals surface area (Å²) in [6.45, 7) is 3.23. The van der Waals surface area contributed by atoms with Crippen LogP contribution >= 0.6 is 0 Å². The first-order valence-electron chi connectivity index (χ1n) is 8.19. The lowest BCUT2D eigenvalue weighted by Crippen LogP contribution is -2.45. The van der Waals surface area contributed by atoms with Gasteiger partial charge in [-0.3, -0.25) is 0 Å². The number of ether oxygens (including phenoxy) is 2. The Morgan fingerprint density at radius 3 is 2.19 bits per heavy atom. The topological polar surface area (TPSA) is 52.6 Å². The van der Waals surface area contributed by atoms with Crippen LogP contribution < -0.4 is 0 Å². The second-order valence-corrected chi connectivity index (χ2v) is 8.34. The minimum absolute atomic E-state index is 0.271. The highest BCUT2D eigenvalue weighted by Crippen LogP contribution is 2.84. The Morgan fingerprint density at radius 2 is 1.48 bits per heavy atom. The smallest absolute Gasteiger partial charge is 0.348 e. The molecule has 6 rings (SSSR count). The van der Waals surface area contributed by atoms with Crippen LogP contribution in [0.3, 0.4) is 0 Å². The van der Waals surface area contributed by atoms with Gasteiger partial charge in [-0.15, -0.1) is 0 Å². The number of allylic oxidation sites excluding steroid dienone is 1. The first-order chi connectivity index (χ1) is 9.98. The Kier molecular flexibility index (Phi) is 1.57. The van der Waals surface area contributed by atoms with Gasteiger partial charge in [-0.1, -0.05) is 0 Å². The number of rotatable bonds is 0. The van der Waals surface area contributed by atoms with Gasteiger partial charge < -0.3 is 9.47 Å². The van der Waals surface area contributed by atoms with Crippen LogP contribution in [0, 0.1) is 47.3 Å². The van der Waals surface area contributed by atoms with Crippen LogP contribution in [-0.2, 0) is 19.1 Å². The van der Waals surface area contributed by atoms with Crippen molar-refractivity contribution in [1.82, 2.24) is 0 Å². The normalized spacial score (nSPS) is 56.9. The molecule has 1 aliphatic heterocycles. The molecular weight excluding hydrogens is 268 g/mol. The molecule has 21 heavy (non-hydrogen) atoms. The van der Waals surface area contributed by atoms with E-state index < -0.39 is 17.7 Å². The fourth-order valence-corrected chi connectivity index (χ4v) is 7.40. The van der Waals surface area contributed by atoms with Crippen LogP contribution in [0.1, 0.15) is 26.7 Å². The van der Waals surface area contributed by atoms with Crippen molar-refractivity contribution in [3.05, 3.63) is 11.1 Å². The first-order valence-corrected chi connectivity index (χ1v) is 8.19. The monoisotopic (exact) mass is 286 g/mol. The van der Waals surface area contributed by atoms with Crippen molar-refractivity contribution >= 4 is 11.9 Å². The van der Waals surface area contributed by atoms with Gasteiger partial charge in [0.1, 0.15) is 5.57 Å². The van der Waals surface area contributed by atoms with Crippen LogP contribution in [0.4, 0.5) is 0 Å². The molecule has 0 aromatic rings. The van der Waals surface area contributed by atoms with Gasteiger partial charge in [0.05, 0.1) is 0 Å². The Balaban J connectivity index is 1.53. The predicted molar refractivity (Wildman–Crippen MR) is 70.4 cm³/mol.